The van der Waals surface area contributed by atoms with E-state index in [9.17, 15) is 0 Å². The normalized spacial score (nSPS) is 11.6. The molecule has 0 saturated heterocycles. The first-order valence-corrected chi connectivity index (χ1v) is 4.83. The molecule has 7 nitrogen and oxygen atoms in total. The maximum Gasteiger partial charge on any atom is 0.124 e. The number of nitrogens with zero attached hydrogens (tertiary/aromatic N) is 6. The molecule has 0 aromatic carbocycles. The van der Waals surface area contributed by atoms with Crippen LogP contribution in [0.25, 0.3) is 10.4 Å². The summed E-state index contributed by atoms with van der Waals surface area (Å²) in [4.78, 5) is 2.64. The second kappa shape index (κ2) is 5.75. The molecule has 1 aromatic heterocycles. The summed E-state index contributed by atoms with van der Waals surface area (Å²) in [5, 5.41) is 19.6. The Morgan fingerprint density at radius 2 is 2.56 bits per heavy atom. The quantitative estimate of drug-likeness (QED) is 0.348. The molecule has 1 N–H and O–H groups in total. The molecule has 0 spiro atoms. The van der Waals surface area contributed by atoms with Gasteiger partial charge in [-0.15, -0.1) is 0 Å². The van der Waals surface area contributed by atoms with Crippen molar-refractivity contribution in [2.24, 2.45) is 12.2 Å². The molecule has 1 aromatic rings. The van der Waals surface area contributed by atoms with Crippen LogP contribution < -0.4 is 5.32 Å². The van der Waals surface area contributed by atoms with E-state index in [0.717, 1.165) is 11.3 Å². The number of aryl methyl sites for hydroxylation is 2. The highest BCUT2D eigenvalue weighted by molar-refractivity contribution is 5.25. The molecular weight excluding hydrogens is 206 g/mol. The Hall–Kier alpha value is -2.03. The summed E-state index contributed by atoms with van der Waals surface area (Å²) < 4.78 is 1.67. The van der Waals surface area contributed by atoms with E-state index in [4.69, 9.17) is 10.8 Å². The van der Waals surface area contributed by atoms with Crippen LogP contribution in [0.2, 0.25) is 0 Å². The van der Waals surface area contributed by atoms with Gasteiger partial charge in [-0.05, 0) is 12.5 Å². The lowest BCUT2D eigenvalue weighted by Crippen LogP contribution is -2.23. The summed E-state index contributed by atoms with van der Waals surface area (Å²) in [6.45, 7) is 2.65. The predicted octanol–water partition coefficient (Wildman–Crippen LogP) is 1.19. The van der Waals surface area contributed by atoms with Crippen molar-refractivity contribution in [2.45, 2.75) is 13.0 Å². The van der Waals surface area contributed by atoms with Crippen LogP contribution >= 0.6 is 0 Å². The van der Waals surface area contributed by atoms with Gasteiger partial charge in [-0.3, -0.25) is 10.00 Å². The summed E-state index contributed by atoms with van der Waals surface area (Å²) in [7, 11) is 1.81. The van der Waals surface area contributed by atoms with Crippen molar-refractivity contribution in [3.05, 3.63) is 27.9 Å². The molecule has 0 amide bonds. The van der Waals surface area contributed by atoms with Crippen molar-refractivity contribution in [1.29, 1.82) is 5.26 Å². The fourth-order valence-electron chi connectivity index (χ4n) is 1.43. The van der Waals surface area contributed by atoms with E-state index >= 15 is 0 Å². The van der Waals surface area contributed by atoms with Crippen molar-refractivity contribution in [3.63, 3.8) is 0 Å². The maximum atomic E-state index is 9.02. The van der Waals surface area contributed by atoms with E-state index in [1.54, 1.807) is 4.68 Å². The van der Waals surface area contributed by atoms with Crippen molar-refractivity contribution in [3.8, 4) is 6.07 Å². The molecule has 16 heavy (non-hydrogen) atoms. The highest BCUT2D eigenvalue weighted by Gasteiger charge is 2.14. The summed E-state index contributed by atoms with van der Waals surface area (Å²) in [6, 6.07) is 1.74. The molecular formula is C9H13N7. The van der Waals surface area contributed by atoms with Gasteiger partial charge in [0.1, 0.15) is 6.04 Å². The number of azide groups is 1. The van der Waals surface area contributed by atoms with E-state index in [-0.39, 0.29) is 0 Å². The van der Waals surface area contributed by atoms with E-state index in [0.29, 0.717) is 13.1 Å². The van der Waals surface area contributed by atoms with Crippen LogP contribution in [0, 0.1) is 18.3 Å². The highest BCUT2D eigenvalue weighted by atomic mass is 15.3. The number of nitrogens with one attached hydrogen (secondary N) is 1. The number of aromatic nitrogens is 2. The van der Waals surface area contributed by atoms with Gasteiger partial charge in [0.05, 0.1) is 11.8 Å². The van der Waals surface area contributed by atoms with Gasteiger partial charge in [0, 0.05) is 36.8 Å². The number of rotatable bonds is 5. The largest absolute Gasteiger partial charge is 0.298 e. The molecule has 0 bridgehead atoms. The second-order valence-corrected chi connectivity index (χ2v) is 3.31. The number of hydrogen-bond donors (Lipinski definition) is 1. The van der Waals surface area contributed by atoms with Crippen LogP contribution in [0.3, 0.4) is 0 Å². The topological polar surface area (TPSA) is 102 Å². The van der Waals surface area contributed by atoms with E-state index < -0.39 is 6.04 Å². The first-order chi connectivity index (χ1) is 7.69. The number of hydrogen-bond acceptors (Lipinski definition) is 4. The summed E-state index contributed by atoms with van der Waals surface area (Å²) in [6.07, 6.45) is 1.81. The van der Waals surface area contributed by atoms with Crippen LogP contribution in [0.4, 0.5) is 0 Å². The van der Waals surface area contributed by atoms with Crippen molar-refractivity contribution < 1.29 is 0 Å². The van der Waals surface area contributed by atoms with Crippen LogP contribution in [-0.4, -0.2) is 22.9 Å². The van der Waals surface area contributed by atoms with E-state index in [2.05, 4.69) is 26.5 Å². The Labute approximate surface area is 93.3 Å². The molecule has 0 aliphatic heterocycles. The molecule has 0 radical (unpaired) electrons. The maximum absolute atomic E-state index is 9.02. The molecule has 1 atom stereocenters. The lowest BCUT2D eigenvalue weighted by Gasteiger charge is -2.08. The van der Waals surface area contributed by atoms with Gasteiger partial charge in [-0.1, -0.05) is 5.11 Å². The number of nitriles is 1. The molecule has 0 fully saturated rings. The molecule has 0 aliphatic carbocycles. The average Bonchev–Trinajstić information content (AvgIpc) is 2.58. The molecule has 0 aliphatic rings. The first kappa shape index (κ1) is 12.0. The summed E-state index contributed by atoms with van der Waals surface area (Å²) in [5.74, 6) is 0. The van der Waals surface area contributed by atoms with Crippen molar-refractivity contribution >= 4 is 0 Å². The van der Waals surface area contributed by atoms with Crippen molar-refractivity contribution in [1.82, 2.24) is 15.1 Å². The van der Waals surface area contributed by atoms with Gasteiger partial charge in [-0.2, -0.15) is 10.4 Å². The zero-order valence-electron chi connectivity index (χ0n) is 9.25. The van der Waals surface area contributed by atoms with Crippen LogP contribution in [-0.2, 0) is 7.05 Å². The minimum absolute atomic E-state index is 0.327. The first-order valence-electron chi connectivity index (χ1n) is 4.83. The smallest absolute Gasteiger partial charge is 0.124 e. The van der Waals surface area contributed by atoms with Crippen molar-refractivity contribution in [2.75, 3.05) is 13.1 Å². The minimum Gasteiger partial charge on any atom is -0.298 e. The molecule has 84 valence electrons. The fraction of sp³-hybridized carbons (Fsp3) is 0.556. The Kier molecular flexibility index (Phi) is 4.33. The van der Waals surface area contributed by atoms with Gasteiger partial charge in [0.25, 0.3) is 0 Å². The molecule has 1 rings (SSSR count). The standard InChI is InChI=1S/C9H13N7/c1-7-8(6-16(2)14-7)9(5-10)12-3-4-13-15-11/h6,9,12H,3-4H2,1-2H3. The Bertz CT molecular complexity index is 435. The average molecular weight is 219 g/mol. The third-order valence-electron chi connectivity index (χ3n) is 2.12. The predicted molar refractivity (Wildman–Crippen MR) is 58.3 cm³/mol. The Morgan fingerprint density at radius 1 is 1.81 bits per heavy atom. The second-order valence-electron chi connectivity index (χ2n) is 3.31. The third kappa shape index (κ3) is 2.98. The molecule has 1 heterocycles. The summed E-state index contributed by atoms with van der Waals surface area (Å²) >= 11 is 0. The zero-order chi connectivity index (χ0) is 12.0. The van der Waals surface area contributed by atoms with Crippen LogP contribution in [0.15, 0.2) is 11.3 Å². The van der Waals surface area contributed by atoms with Gasteiger partial charge in [0.2, 0.25) is 0 Å². The zero-order valence-corrected chi connectivity index (χ0v) is 9.25. The fourth-order valence-corrected chi connectivity index (χ4v) is 1.43. The monoisotopic (exact) mass is 219 g/mol. The minimum atomic E-state index is -0.414. The van der Waals surface area contributed by atoms with Crippen LogP contribution in [0.1, 0.15) is 17.3 Å². The molecule has 1 unspecified atom stereocenters. The van der Waals surface area contributed by atoms with Gasteiger partial charge in [0.15, 0.2) is 0 Å². The van der Waals surface area contributed by atoms with E-state index in [1.807, 2.05) is 20.2 Å². The Balaban J connectivity index is 2.65. The van der Waals surface area contributed by atoms with E-state index in [1.165, 1.54) is 0 Å². The van der Waals surface area contributed by atoms with Gasteiger partial charge >= 0.3 is 0 Å². The molecule has 7 heteroatoms. The van der Waals surface area contributed by atoms with Crippen LogP contribution in [0.5, 0.6) is 0 Å². The van der Waals surface area contributed by atoms with Gasteiger partial charge in [-0.25, -0.2) is 0 Å². The lowest BCUT2D eigenvalue weighted by atomic mass is 10.1. The third-order valence-corrected chi connectivity index (χ3v) is 2.12. The lowest BCUT2D eigenvalue weighted by molar-refractivity contribution is 0.632. The highest BCUT2D eigenvalue weighted by Crippen LogP contribution is 2.14. The Morgan fingerprint density at radius 3 is 3.06 bits per heavy atom. The SMILES string of the molecule is Cc1nn(C)cc1C(C#N)NCCN=[N+]=[N-]. The summed E-state index contributed by atoms with van der Waals surface area (Å²) in [5.41, 5.74) is 9.78. The van der Waals surface area contributed by atoms with Gasteiger partial charge < -0.3 is 0 Å². The molecule has 0 saturated carbocycles.